The maximum absolute atomic E-state index is 9.74. The summed E-state index contributed by atoms with van der Waals surface area (Å²) in [7, 11) is -4.57. The van der Waals surface area contributed by atoms with E-state index in [1.54, 1.807) is 0 Å². The summed E-state index contributed by atoms with van der Waals surface area (Å²) in [6.45, 7) is 0.916. The molecule has 8 heteroatoms. The van der Waals surface area contributed by atoms with Gasteiger partial charge in [0.1, 0.15) is 0 Å². The van der Waals surface area contributed by atoms with Crippen LogP contribution >= 0.6 is 7.82 Å². The van der Waals surface area contributed by atoms with Crippen LogP contribution in [-0.2, 0) is 33.4 Å². The molecule has 0 heterocycles. The van der Waals surface area contributed by atoms with Crippen LogP contribution in [0, 0.1) is 0 Å². The number of rotatable bonds is 1. The molecule has 58 valence electrons. The minimum atomic E-state index is -4.57. The van der Waals surface area contributed by atoms with Crippen molar-refractivity contribution in [1.82, 2.24) is 6.15 Å². The third kappa shape index (κ3) is 15.7. The minimum absolute atomic E-state index is 0. The van der Waals surface area contributed by atoms with Gasteiger partial charge in [0.25, 0.3) is 0 Å². The first-order valence-corrected chi connectivity index (χ1v) is 3.20. The first-order valence-electron chi connectivity index (χ1n) is 1.67. The van der Waals surface area contributed by atoms with E-state index in [-0.39, 0.29) is 25.6 Å². The van der Waals surface area contributed by atoms with Gasteiger partial charge in [0.15, 0.2) is 0 Å². The van der Waals surface area contributed by atoms with E-state index in [9.17, 15) is 9.36 Å². The zero-order valence-corrected chi connectivity index (χ0v) is 9.34. The Hall–Kier alpha value is 0.203. The summed E-state index contributed by atoms with van der Waals surface area (Å²) < 4.78 is 13.2. The molecule has 0 rings (SSSR count). The summed E-state index contributed by atoms with van der Waals surface area (Å²) >= 11 is 0. The van der Waals surface area contributed by atoms with Crippen LogP contribution in [0.3, 0.4) is 0 Å². The number of hydrogen-bond acceptors (Lipinski definition) is 4. The summed E-state index contributed by atoms with van der Waals surface area (Å²) in [5.74, 6) is -0.988. The number of carbonyl (C=O) groups excluding carboxylic acids is 1. The Morgan fingerprint density at radius 2 is 1.80 bits per heavy atom. The third-order valence-electron chi connectivity index (χ3n) is 0.247. The third-order valence-corrected chi connectivity index (χ3v) is 0.742. The largest absolute Gasteiger partial charge is 0.526 e. The van der Waals surface area contributed by atoms with Gasteiger partial charge in [-0.25, -0.2) is 4.57 Å². The minimum Gasteiger partial charge on any atom is -0.371 e. The molecule has 0 aliphatic carbocycles. The van der Waals surface area contributed by atoms with E-state index in [1.165, 1.54) is 0 Å². The molecule has 0 aromatic rings. The normalized spacial score (nSPS) is 8.70. The van der Waals surface area contributed by atoms with Crippen LogP contribution in [0.4, 0.5) is 0 Å². The van der Waals surface area contributed by atoms with Crippen LogP contribution in [0.2, 0.25) is 0 Å². The van der Waals surface area contributed by atoms with Gasteiger partial charge in [-0.3, -0.25) is 14.6 Å². The van der Waals surface area contributed by atoms with Gasteiger partial charge in [-0.1, -0.05) is 0 Å². The molecule has 0 aromatic heterocycles. The fraction of sp³-hybridized carbons (Fsp3) is 0.500. The predicted octanol–water partition coefficient (Wildman–Crippen LogP) is -0.198. The molecule has 0 saturated heterocycles. The molecule has 0 aliphatic rings. The van der Waals surface area contributed by atoms with Gasteiger partial charge in [0.05, 0.1) is 0 Å². The maximum Gasteiger partial charge on any atom is 0.526 e. The topological polar surface area (TPSA) is 119 Å². The molecule has 0 aromatic carbocycles. The second-order valence-electron chi connectivity index (χ2n) is 1.07. The summed E-state index contributed by atoms with van der Waals surface area (Å²) in [5.41, 5.74) is 0. The van der Waals surface area contributed by atoms with Crippen LogP contribution in [0.25, 0.3) is 0 Å². The second-order valence-corrected chi connectivity index (χ2v) is 2.24. The summed E-state index contributed by atoms with van der Waals surface area (Å²) in [4.78, 5) is 25.5. The molecular weight excluding hydrogens is 214 g/mol. The number of phosphoric ester groups is 1. The van der Waals surface area contributed by atoms with Crippen molar-refractivity contribution in [2.45, 2.75) is 6.92 Å². The van der Waals surface area contributed by atoms with Gasteiger partial charge in [-0.15, -0.1) is 0 Å². The van der Waals surface area contributed by atoms with Crippen molar-refractivity contribution >= 4 is 13.8 Å². The molecule has 0 fully saturated rings. The number of hydrogen-bond donors (Lipinski definition) is 3. The van der Waals surface area contributed by atoms with E-state index in [2.05, 4.69) is 4.52 Å². The predicted molar refractivity (Wildman–Crippen MR) is 28.8 cm³/mol. The first kappa shape index (κ1) is 16.7. The monoisotopic (exact) mass is 221 g/mol. The molecule has 0 atom stereocenters. The van der Waals surface area contributed by atoms with Crippen molar-refractivity contribution in [1.29, 1.82) is 0 Å². The number of carbonyl (C=O) groups is 1. The molecular formula is C2H8NO5PZn. The van der Waals surface area contributed by atoms with E-state index < -0.39 is 13.8 Å². The molecule has 0 spiro atoms. The molecule has 10 heavy (non-hydrogen) atoms. The van der Waals surface area contributed by atoms with Crippen molar-refractivity contribution in [3.63, 3.8) is 0 Å². The molecule has 5 N–H and O–H groups in total. The Morgan fingerprint density at radius 3 is 1.80 bits per heavy atom. The standard InChI is InChI=1S/C2H5O5P.H3N.Zn/c1-2(3)7-8(4,5)6;;/h1H3,(H2,4,5,6);1H3;. The summed E-state index contributed by atoms with van der Waals surface area (Å²) in [5, 5.41) is 0. The average molecular weight is 222 g/mol. The van der Waals surface area contributed by atoms with Crippen LogP contribution in [0.15, 0.2) is 0 Å². The molecule has 0 saturated carbocycles. The maximum atomic E-state index is 9.74. The Labute approximate surface area is 70.5 Å². The van der Waals surface area contributed by atoms with E-state index in [4.69, 9.17) is 9.79 Å². The van der Waals surface area contributed by atoms with Crippen molar-refractivity contribution in [3.05, 3.63) is 0 Å². The van der Waals surface area contributed by atoms with Crippen LogP contribution in [-0.4, -0.2) is 15.8 Å². The van der Waals surface area contributed by atoms with Crippen molar-refractivity contribution in [3.8, 4) is 0 Å². The van der Waals surface area contributed by atoms with Crippen molar-refractivity contribution in [2.24, 2.45) is 0 Å². The Kier molecular flexibility index (Phi) is 9.91. The first-order chi connectivity index (χ1) is 3.42. The Bertz CT molecular complexity index is 143. The quantitative estimate of drug-likeness (QED) is 0.418. The SMILES string of the molecule is CC(=O)OP(=O)(O)O.N.[Zn]. The number of phosphoric acid groups is 1. The van der Waals surface area contributed by atoms with E-state index >= 15 is 0 Å². The van der Waals surface area contributed by atoms with Crippen LogP contribution in [0.1, 0.15) is 6.92 Å². The molecule has 0 radical (unpaired) electrons. The van der Waals surface area contributed by atoms with Gasteiger partial charge in [-0.2, -0.15) is 0 Å². The fourth-order valence-corrected chi connectivity index (χ4v) is 0.502. The zero-order chi connectivity index (χ0) is 6.78. The Balaban J connectivity index is -0.000000245. The summed E-state index contributed by atoms with van der Waals surface area (Å²) in [6, 6.07) is 0. The molecule has 0 bridgehead atoms. The Morgan fingerprint density at radius 1 is 1.50 bits per heavy atom. The van der Waals surface area contributed by atoms with Crippen LogP contribution in [0.5, 0.6) is 0 Å². The molecule has 0 aliphatic heterocycles. The van der Waals surface area contributed by atoms with E-state index in [0.29, 0.717) is 0 Å². The van der Waals surface area contributed by atoms with Crippen molar-refractivity contribution < 1.29 is 43.1 Å². The zero-order valence-electron chi connectivity index (χ0n) is 5.48. The summed E-state index contributed by atoms with van der Waals surface area (Å²) in [6.07, 6.45) is 0. The molecule has 0 unspecified atom stereocenters. The molecule has 6 nitrogen and oxygen atoms in total. The molecule has 0 amide bonds. The van der Waals surface area contributed by atoms with Crippen molar-refractivity contribution in [2.75, 3.05) is 0 Å². The van der Waals surface area contributed by atoms with Gasteiger partial charge >= 0.3 is 13.8 Å². The fourth-order valence-electron chi connectivity index (χ4n) is 0.167. The smallest absolute Gasteiger partial charge is 0.371 e. The van der Waals surface area contributed by atoms with Gasteiger partial charge < -0.3 is 10.7 Å². The van der Waals surface area contributed by atoms with E-state index in [0.717, 1.165) is 6.92 Å². The van der Waals surface area contributed by atoms with E-state index in [1.807, 2.05) is 0 Å². The van der Waals surface area contributed by atoms with Gasteiger partial charge in [0.2, 0.25) is 0 Å². The van der Waals surface area contributed by atoms with Gasteiger partial charge in [0, 0.05) is 26.4 Å². The van der Waals surface area contributed by atoms with Crippen LogP contribution < -0.4 is 6.15 Å². The second kappa shape index (κ2) is 5.95. The average Bonchev–Trinajstić information content (AvgIpc) is 1.21. The van der Waals surface area contributed by atoms with Gasteiger partial charge in [-0.05, 0) is 0 Å².